The number of carbonyl (C=O) groups is 1. The maximum Gasteiger partial charge on any atom is 0.238 e. The van der Waals surface area contributed by atoms with Crippen LogP contribution in [0.15, 0.2) is 23.6 Å². The number of thiazole rings is 1. The van der Waals surface area contributed by atoms with Crippen LogP contribution in [-0.2, 0) is 17.8 Å². The van der Waals surface area contributed by atoms with Crippen molar-refractivity contribution in [2.75, 3.05) is 38.0 Å². The molecule has 1 aromatic carbocycles. The number of aromatic nitrogens is 1. The highest BCUT2D eigenvalue weighted by Gasteiger charge is 2.20. The first-order valence-electron chi connectivity index (χ1n) is 10.3. The Morgan fingerprint density at radius 2 is 1.82 bits per heavy atom. The fourth-order valence-corrected chi connectivity index (χ4v) is 4.42. The third-order valence-electron chi connectivity index (χ3n) is 5.31. The molecule has 0 atom stereocenters. The van der Waals surface area contributed by atoms with Crippen molar-refractivity contribution in [3.63, 3.8) is 0 Å². The number of benzene rings is 1. The molecule has 0 unspecified atom stereocenters. The van der Waals surface area contributed by atoms with E-state index in [1.165, 1.54) is 23.5 Å². The number of nitrogens with zero attached hydrogens (tertiary/aromatic N) is 3. The van der Waals surface area contributed by atoms with Gasteiger partial charge >= 0.3 is 0 Å². The van der Waals surface area contributed by atoms with Crippen molar-refractivity contribution >= 4 is 22.9 Å². The number of rotatable bonds is 8. The molecule has 1 fully saturated rings. The van der Waals surface area contributed by atoms with Gasteiger partial charge in [-0.1, -0.05) is 31.5 Å². The van der Waals surface area contributed by atoms with Gasteiger partial charge in [0.1, 0.15) is 0 Å². The van der Waals surface area contributed by atoms with Gasteiger partial charge in [0.05, 0.1) is 17.2 Å². The van der Waals surface area contributed by atoms with Crippen LogP contribution in [0, 0.1) is 13.8 Å². The number of anilines is 1. The highest BCUT2D eigenvalue weighted by atomic mass is 32.1. The van der Waals surface area contributed by atoms with E-state index in [1.54, 1.807) is 11.3 Å². The molecule has 6 heteroatoms. The second-order valence-corrected chi connectivity index (χ2v) is 8.65. The Morgan fingerprint density at radius 3 is 2.50 bits per heavy atom. The number of carbonyl (C=O) groups excluding carboxylic acids is 1. The molecule has 2 aromatic rings. The molecule has 1 amide bonds. The third kappa shape index (κ3) is 5.87. The topological polar surface area (TPSA) is 48.5 Å². The zero-order valence-corrected chi connectivity index (χ0v) is 18.1. The van der Waals surface area contributed by atoms with Crippen molar-refractivity contribution in [2.45, 2.75) is 46.6 Å². The molecule has 0 saturated carbocycles. The highest BCUT2D eigenvalue weighted by molar-refractivity contribution is 7.09. The lowest BCUT2D eigenvalue weighted by molar-refractivity contribution is -0.117. The number of nitrogens with one attached hydrogen (secondary N) is 1. The summed E-state index contributed by atoms with van der Waals surface area (Å²) in [5.74, 6) is 0.0749. The van der Waals surface area contributed by atoms with Gasteiger partial charge < -0.3 is 5.32 Å². The first-order valence-corrected chi connectivity index (χ1v) is 11.2. The minimum Gasteiger partial charge on any atom is -0.324 e. The summed E-state index contributed by atoms with van der Waals surface area (Å²) in [6, 6.07) is 6.09. The van der Waals surface area contributed by atoms with Crippen molar-refractivity contribution in [3.8, 4) is 0 Å². The molecule has 1 saturated heterocycles. The third-order valence-corrected chi connectivity index (χ3v) is 6.26. The monoisotopic (exact) mass is 400 g/mol. The fraction of sp³-hybridized carbons (Fsp3) is 0.545. The Hall–Kier alpha value is -1.76. The van der Waals surface area contributed by atoms with E-state index in [1.807, 2.05) is 32.0 Å². The molecule has 3 rings (SSSR count). The minimum absolute atomic E-state index is 0.0749. The molecule has 1 aliphatic heterocycles. The summed E-state index contributed by atoms with van der Waals surface area (Å²) in [4.78, 5) is 21.9. The number of unbranched alkanes of at least 4 members (excludes halogenated alkanes) is 1. The van der Waals surface area contributed by atoms with Gasteiger partial charge in [-0.05, 0) is 37.8 Å². The van der Waals surface area contributed by atoms with Crippen molar-refractivity contribution in [1.29, 1.82) is 0 Å². The first-order chi connectivity index (χ1) is 13.5. The lowest BCUT2D eigenvalue weighted by atomic mass is 10.1. The van der Waals surface area contributed by atoms with Crippen molar-refractivity contribution in [1.82, 2.24) is 14.8 Å². The van der Waals surface area contributed by atoms with E-state index in [-0.39, 0.29) is 5.91 Å². The van der Waals surface area contributed by atoms with E-state index in [2.05, 4.69) is 27.4 Å². The maximum absolute atomic E-state index is 12.5. The van der Waals surface area contributed by atoms with Gasteiger partial charge in [-0.2, -0.15) is 0 Å². The van der Waals surface area contributed by atoms with Crippen molar-refractivity contribution in [2.24, 2.45) is 0 Å². The molecule has 1 aliphatic rings. The van der Waals surface area contributed by atoms with E-state index in [0.29, 0.717) is 6.54 Å². The molecule has 0 aliphatic carbocycles. The van der Waals surface area contributed by atoms with Crippen LogP contribution < -0.4 is 5.32 Å². The lowest BCUT2D eigenvalue weighted by Gasteiger charge is -2.33. The molecular weight excluding hydrogens is 368 g/mol. The first kappa shape index (κ1) is 21.0. The SMILES string of the molecule is CCCCc1nc(CN2CCN(CC(=O)Nc3c(C)cccc3C)CC2)cs1. The Morgan fingerprint density at radius 1 is 1.14 bits per heavy atom. The Balaban J connectivity index is 1.42. The van der Waals surface area contributed by atoms with Crippen LogP contribution in [0.5, 0.6) is 0 Å². The summed E-state index contributed by atoms with van der Waals surface area (Å²) in [5, 5.41) is 6.56. The van der Waals surface area contributed by atoms with Crippen LogP contribution in [0.25, 0.3) is 0 Å². The van der Waals surface area contributed by atoms with Crippen LogP contribution in [0.1, 0.15) is 41.6 Å². The van der Waals surface area contributed by atoms with Gasteiger partial charge in [-0.25, -0.2) is 4.98 Å². The molecule has 1 aromatic heterocycles. The van der Waals surface area contributed by atoms with Crippen molar-refractivity contribution < 1.29 is 4.79 Å². The van der Waals surface area contributed by atoms with Gasteiger partial charge in [0.25, 0.3) is 0 Å². The Kier molecular flexibility index (Phi) is 7.59. The Bertz CT molecular complexity index is 760. The van der Waals surface area contributed by atoms with Crippen LogP contribution >= 0.6 is 11.3 Å². The summed E-state index contributed by atoms with van der Waals surface area (Å²) >= 11 is 1.79. The van der Waals surface area contributed by atoms with Crippen LogP contribution in [0.3, 0.4) is 0 Å². The lowest BCUT2D eigenvalue weighted by Crippen LogP contribution is -2.48. The summed E-state index contributed by atoms with van der Waals surface area (Å²) in [5.41, 5.74) is 4.37. The van der Waals surface area contributed by atoms with Gasteiger partial charge in [-0.3, -0.25) is 14.6 Å². The molecule has 0 radical (unpaired) electrons. The molecule has 2 heterocycles. The number of amides is 1. The number of aryl methyl sites for hydroxylation is 3. The summed E-state index contributed by atoms with van der Waals surface area (Å²) in [7, 11) is 0. The van der Waals surface area contributed by atoms with Crippen LogP contribution in [-0.4, -0.2) is 53.4 Å². The predicted molar refractivity (Wildman–Crippen MR) is 117 cm³/mol. The number of piperazine rings is 1. The van der Waals surface area contributed by atoms with E-state index in [9.17, 15) is 4.79 Å². The van der Waals surface area contributed by atoms with Gasteiger partial charge in [0.2, 0.25) is 5.91 Å². The van der Waals surface area contributed by atoms with E-state index in [0.717, 1.165) is 56.0 Å². The number of hydrogen-bond acceptors (Lipinski definition) is 5. The quantitative estimate of drug-likeness (QED) is 0.731. The largest absolute Gasteiger partial charge is 0.324 e. The molecule has 5 nitrogen and oxygen atoms in total. The summed E-state index contributed by atoms with van der Waals surface area (Å²) in [6.07, 6.45) is 3.54. The van der Waals surface area contributed by atoms with E-state index >= 15 is 0 Å². The van der Waals surface area contributed by atoms with Crippen LogP contribution in [0.2, 0.25) is 0 Å². The predicted octanol–water partition coefficient (Wildman–Crippen LogP) is 3.86. The molecule has 1 N–H and O–H groups in total. The second-order valence-electron chi connectivity index (χ2n) is 7.70. The smallest absolute Gasteiger partial charge is 0.238 e. The van der Waals surface area contributed by atoms with Gasteiger partial charge in [0, 0.05) is 43.8 Å². The average molecular weight is 401 g/mol. The van der Waals surface area contributed by atoms with Gasteiger partial charge in [0.15, 0.2) is 0 Å². The molecule has 0 bridgehead atoms. The highest BCUT2D eigenvalue weighted by Crippen LogP contribution is 2.19. The van der Waals surface area contributed by atoms with Crippen LogP contribution in [0.4, 0.5) is 5.69 Å². The average Bonchev–Trinajstić information content (AvgIpc) is 3.12. The van der Waals surface area contributed by atoms with Gasteiger partial charge in [-0.15, -0.1) is 11.3 Å². The van der Waals surface area contributed by atoms with E-state index < -0.39 is 0 Å². The summed E-state index contributed by atoms with van der Waals surface area (Å²) in [6.45, 7) is 11.5. The normalized spacial score (nSPS) is 15.7. The summed E-state index contributed by atoms with van der Waals surface area (Å²) < 4.78 is 0. The van der Waals surface area contributed by atoms with Crippen molar-refractivity contribution in [3.05, 3.63) is 45.4 Å². The number of hydrogen-bond donors (Lipinski definition) is 1. The second kappa shape index (κ2) is 10.1. The zero-order valence-electron chi connectivity index (χ0n) is 17.3. The molecular formula is C22H32N4OS. The maximum atomic E-state index is 12.5. The molecule has 28 heavy (non-hydrogen) atoms. The van der Waals surface area contributed by atoms with E-state index in [4.69, 9.17) is 4.98 Å². The standard InChI is InChI=1S/C22H32N4OS/c1-4-5-9-21-23-19(16-28-21)14-25-10-12-26(13-11-25)15-20(27)24-22-17(2)7-6-8-18(22)3/h6-8,16H,4-5,9-15H2,1-3H3,(H,24,27). The molecule has 0 spiro atoms. The minimum atomic E-state index is 0.0749. The fourth-order valence-electron chi connectivity index (χ4n) is 3.59. The molecule has 152 valence electrons. The number of para-hydroxylation sites is 1. The zero-order chi connectivity index (χ0) is 19.9. The Labute approximate surface area is 172 Å².